The Morgan fingerprint density at radius 1 is 1.27 bits per heavy atom. The van der Waals surface area contributed by atoms with Gasteiger partial charge in [-0.05, 0) is 31.0 Å². The molecular weight excluding hydrogens is 212 g/mol. The first-order valence-corrected chi connectivity index (χ1v) is 5.20. The molecule has 0 radical (unpaired) electrons. The van der Waals surface area contributed by atoms with Crippen LogP contribution in [-0.2, 0) is 5.88 Å². The Labute approximate surface area is 93.1 Å². The molecule has 4 heteroatoms. The third-order valence-electron chi connectivity index (χ3n) is 2.35. The average molecular weight is 223 g/mol. The number of rotatable bonds is 2. The van der Waals surface area contributed by atoms with Gasteiger partial charge in [-0.25, -0.2) is 0 Å². The van der Waals surface area contributed by atoms with Gasteiger partial charge >= 0.3 is 0 Å². The molecule has 0 unspecified atom stereocenters. The maximum absolute atomic E-state index is 5.59. The van der Waals surface area contributed by atoms with Crippen LogP contribution in [0.2, 0.25) is 0 Å². The highest BCUT2D eigenvalue weighted by atomic mass is 35.5. The topological polar surface area (TPSA) is 38.9 Å². The van der Waals surface area contributed by atoms with Crippen molar-refractivity contribution in [2.24, 2.45) is 0 Å². The summed E-state index contributed by atoms with van der Waals surface area (Å²) in [6.07, 6.45) is 0. The summed E-state index contributed by atoms with van der Waals surface area (Å²) < 4.78 is 4.95. The van der Waals surface area contributed by atoms with Gasteiger partial charge in [0.25, 0.3) is 0 Å². The number of hydrogen-bond acceptors (Lipinski definition) is 3. The molecule has 2 rings (SSSR count). The van der Waals surface area contributed by atoms with E-state index >= 15 is 0 Å². The third-order valence-corrected chi connectivity index (χ3v) is 2.58. The minimum atomic E-state index is 0.248. The van der Waals surface area contributed by atoms with Gasteiger partial charge in [0.15, 0.2) is 0 Å². The lowest BCUT2D eigenvalue weighted by Gasteiger charge is -2.00. The molecule has 0 amide bonds. The van der Waals surface area contributed by atoms with Crippen LogP contribution in [-0.4, -0.2) is 10.1 Å². The van der Waals surface area contributed by atoms with Crippen molar-refractivity contribution in [2.75, 3.05) is 0 Å². The van der Waals surface area contributed by atoms with Crippen LogP contribution in [0, 0.1) is 13.8 Å². The second-order valence-electron chi connectivity index (χ2n) is 3.44. The lowest BCUT2D eigenvalue weighted by molar-refractivity contribution is 0.391. The first-order chi connectivity index (χ1) is 7.20. The maximum atomic E-state index is 5.59. The van der Waals surface area contributed by atoms with Crippen molar-refractivity contribution in [3.63, 3.8) is 0 Å². The molecule has 0 N–H and O–H groups in total. The third kappa shape index (κ3) is 2.02. The summed E-state index contributed by atoms with van der Waals surface area (Å²) in [5, 5.41) is 3.86. The van der Waals surface area contributed by atoms with Crippen molar-refractivity contribution in [2.45, 2.75) is 19.7 Å². The molecule has 0 spiro atoms. The predicted octanol–water partition coefficient (Wildman–Crippen LogP) is 3.09. The average Bonchev–Trinajstić information content (AvgIpc) is 2.70. The molecule has 0 aliphatic carbocycles. The highest BCUT2D eigenvalue weighted by Gasteiger charge is 2.07. The summed E-state index contributed by atoms with van der Waals surface area (Å²) >= 11 is 5.59. The largest absolute Gasteiger partial charge is 0.338 e. The molecule has 1 aromatic carbocycles. The molecular formula is C11H11ClN2O. The molecule has 0 saturated carbocycles. The second-order valence-corrected chi connectivity index (χ2v) is 3.71. The number of hydrogen-bond donors (Lipinski definition) is 0. The van der Waals surface area contributed by atoms with Crippen LogP contribution in [0.4, 0.5) is 0 Å². The molecule has 15 heavy (non-hydrogen) atoms. The van der Waals surface area contributed by atoms with E-state index in [-0.39, 0.29) is 5.88 Å². The van der Waals surface area contributed by atoms with E-state index in [1.807, 2.05) is 18.2 Å². The van der Waals surface area contributed by atoms with E-state index in [1.165, 1.54) is 11.1 Å². The summed E-state index contributed by atoms with van der Waals surface area (Å²) in [5.74, 6) is 1.29. The minimum Gasteiger partial charge on any atom is -0.338 e. The van der Waals surface area contributed by atoms with Gasteiger partial charge in [-0.3, -0.25) is 0 Å². The minimum absolute atomic E-state index is 0.248. The molecule has 78 valence electrons. The molecule has 0 aliphatic rings. The van der Waals surface area contributed by atoms with Crippen molar-refractivity contribution in [1.29, 1.82) is 0 Å². The van der Waals surface area contributed by atoms with E-state index in [2.05, 4.69) is 24.0 Å². The summed E-state index contributed by atoms with van der Waals surface area (Å²) in [5.41, 5.74) is 3.42. The normalized spacial score (nSPS) is 10.6. The summed E-state index contributed by atoms with van der Waals surface area (Å²) in [6, 6.07) is 6.06. The zero-order chi connectivity index (χ0) is 10.8. The molecule has 2 aromatic rings. The second kappa shape index (κ2) is 4.03. The van der Waals surface area contributed by atoms with Crippen LogP contribution in [0.25, 0.3) is 11.4 Å². The number of nitrogens with zero attached hydrogens (tertiary/aromatic N) is 2. The lowest BCUT2D eigenvalue weighted by atomic mass is 10.1. The lowest BCUT2D eigenvalue weighted by Crippen LogP contribution is -1.85. The highest BCUT2D eigenvalue weighted by molar-refractivity contribution is 6.16. The smallest absolute Gasteiger partial charge is 0.241 e. The molecule has 1 heterocycles. The molecule has 0 aliphatic heterocycles. The Morgan fingerprint density at radius 3 is 2.67 bits per heavy atom. The number of alkyl halides is 1. The Balaban J connectivity index is 2.40. The Morgan fingerprint density at radius 2 is 2.07 bits per heavy atom. The monoisotopic (exact) mass is 222 g/mol. The van der Waals surface area contributed by atoms with Crippen molar-refractivity contribution < 1.29 is 4.52 Å². The van der Waals surface area contributed by atoms with Crippen LogP contribution >= 0.6 is 11.6 Å². The van der Waals surface area contributed by atoms with E-state index in [0.29, 0.717) is 11.7 Å². The van der Waals surface area contributed by atoms with Gasteiger partial charge < -0.3 is 4.52 Å². The van der Waals surface area contributed by atoms with Gasteiger partial charge in [-0.1, -0.05) is 17.3 Å². The molecule has 3 nitrogen and oxygen atoms in total. The van der Waals surface area contributed by atoms with E-state index in [9.17, 15) is 0 Å². The van der Waals surface area contributed by atoms with Gasteiger partial charge in [0.05, 0.1) is 0 Å². The van der Waals surface area contributed by atoms with Crippen LogP contribution in [0.15, 0.2) is 22.7 Å². The maximum Gasteiger partial charge on any atom is 0.241 e. The zero-order valence-corrected chi connectivity index (χ0v) is 9.38. The fourth-order valence-electron chi connectivity index (χ4n) is 1.31. The standard InChI is InChI=1S/C11H11ClN2O/c1-7-3-4-9(5-8(7)2)11-13-10(6-12)15-14-11/h3-5H,6H2,1-2H3. The predicted molar refractivity (Wildman–Crippen MR) is 58.8 cm³/mol. The van der Waals surface area contributed by atoms with Gasteiger partial charge in [-0.15, -0.1) is 11.6 Å². The van der Waals surface area contributed by atoms with Crippen LogP contribution in [0.3, 0.4) is 0 Å². The Hall–Kier alpha value is -1.35. The number of benzene rings is 1. The van der Waals surface area contributed by atoms with E-state index in [0.717, 1.165) is 5.56 Å². The molecule has 0 atom stereocenters. The summed E-state index contributed by atoms with van der Waals surface area (Å²) in [4.78, 5) is 4.16. The van der Waals surface area contributed by atoms with Gasteiger partial charge in [-0.2, -0.15) is 4.98 Å². The van der Waals surface area contributed by atoms with Crippen molar-refractivity contribution in [3.8, 4) is 11.4 Å². The number of aromatic nitrogens is 2. The molecule has 0 bridgehead atoms. The van der Waals surface area contributed by atoms with Crippen LogP contribution in [0.5, 0.6) is 0 Å². The van der Waals surface area contributed by atoms with E-state index in [4.69, 9.17) is 16.1 Å². The number of halogens is 1. The fraction of sp³-hybridized carbons (Fsp3) is 0.273. The van der Waals surface area contributed by atoms with Gasteiger partial charge in [0.1, 0.15) is 5.88 Å². The van der Waals surface area contributed by atoms with Crippen LogP contribution in [0.1, 0.15) is 17.0 Å². The summed E-state index contributed by atoms with van der Waals surface area (Å²) in [6.45, 7) is 4.13. The zero-order valence-electron chi connectivity index (χ0n) is 8.62. The molecule has 0 saturated heterocycles. The van der Waals surface area contributed by atoms with Crippen molar-refractivity contribution in [3.05, 3.63) is 35.2 Å². The molecule has 1 aromatic heterocycles. The SMILES string of the molecule is Cc1ccc(-c2noc(CCl)n2)cc1C. The van der Waals surface area contributed by atoms with E-state index in [1.54, 1.807) is 0 Å². The Bertz CT molecular complexity index is 479. The first kappa shape index (κ1) is 10.2. The van der Waals surface area contributed by atoms with Gasteiger partial charge in [0, 0.05) is 5.56 Å². The highest BCUT2D eigenvalue weighted by Crippen LogP contribution is 2.19. The quantitative estimate of drug-likeness (QED) is 0.733. The fourth-order valence-corrected chi connectivity index (χ4v) is 1.42. The summed E-state index contributed by atoms with van der Waals surface area (Å²) in [7, 11) is 0. The van der Waals surface area contributed by atoms with Gasteiger partial charge in [0.2, 0.25) is 11.7 Å². The molecule has 0 fully saturated rings. The number of aryl methyl sites for hydroxylation is 2. The van der Waals surface area contributed by atoms with Crippen molar-refractivity contribution >= 4 is 11.6 Å². The van der Waals surface area contributed by atoms with E-state index < -0.39 is 0 Å². The van der Waals surface area contributed by atoms with Crippen LogP contribution < -0.4 is 0 Å². The first-order valence-electron chi connectivity index (χ1n) is 4.67. The Kier molecular flexibility index (Phi) is 2.73. The van der Waals surface area contributed by atoms with Crippen molar-refractivity contribution in [1.82, 2.24) is 10.1 Å².